The highest BCUT2D eigenvalue weighted by molar-refractivity contribution is 5.85. The van der Waals surface area contributed by atoms with Gasteiger partial charge in [0.15, 0.2) is 0 Å². The highest BCUT2D eigenvalue weighted by Gasteiger charge is 2.22. The van der Waals surface area contributed by atoms with Crippen molar-refractivity contribution in [3.63, 3.8) is 0 Å². The summed E-state index contributed by atoms with van der Waals surface area (Å²) in [6.07, 6.45) is 2.70. The Hall–Kier alpha value is -2.46. The first kappa shape index (κ1) is 15.1. The predicted octanol–water partition coefficient (Wildman–Crippen LogP) is 3.74. The lowest BCUT2D eigenvalue weighted by Gasteiger charge is -2.19. The summed E-state index contributed by atoms with van der Waals surface area (Å²) in [5.41, 5.74) is 2.32. The van der Waals surface area contributed by atoms with E-state index in [1.165, 1.54) is 22.4 Å². The summed E-state index contributed by atoms with van der Waals surface area (Å²) in [5.74, 6) is -0.427. The van der Waals surface area contributed by atoms with Gasteiger partial charge in [-0.25, -0.2) is 4.98 Å². The lowest BCUT2D eigenvalue weighted by atomic mass is 10.0. The second-order valence-corrected chi connectivity index (χ2v) is 6.29. The van der Waals surface area contributed by atoms with E-state index in [2.05, 4.69) is 57.7 Å². The quantitative estimate of drug-likeness (QED) is 0.742. The largest absolute Gasteiger partial charge is 0.369 e. The lowest BCUT2D eigenvalue weighted by molar-refractivity contribution is 0.552. The first-order valence-electron chi connectivity index (χ1n) is 8.36. The van der Waals surface area contributed by atoms with Crippen LogP contribution in [0, 0.1) is 5.95 Å². The minimum atomic E-state index is -0.427. The highest BCUT2D eigenvalue weighted by atomic mass is 19.1. The summed E-state index contributed by atoms with van der Waals surface area (Å²) in [4.78, 5) is 6.00. The molecule has 0 bridgehead atoms. The van der Waals surface area contributed by atoms with Crippen molar-refractivity contribution in [3.8, 4) is 0 Å². The maximum Gasteiger partial charge on any atom is 0.212 e. The van der Waals surface area contributed by atoms with Gasteiger partial charge in [-0.15, -0.1) is 0 Å². The van der Waals surface area contributed by atoms with E-state index in [-0.39, 0.29) is 0 Å². The molecule has 1 fully saturated rings. The molecule has 24 heavy (non-hydrogen) atoms. The van der Waals surface area contributed by atoms with E-state index < -0.39 is 5.95 Å². The fourth-order valence-electron chi connectivity index (χ4n) is 3.42. The smallest absolute Gasteiger partial charge is 0.212 e. The standard InChI is InChI=1S/C20H20FN3/c21-20-9-8-18(13-23-20)24-11-10-17(14-24)22-12-16-6-3-5-15-4-1-2-7-19(15)16/h1-9,13,17,22H,10-12,14H2/t17-/m0/s1. The number of hydrogen-bond acceptors (Lipinski definition) is 3. The molecule has 1 saturated heterocycles. The SMILES string of the molecule is Fc1ccc(N2CC[C@H](NCc3cccc4ccccc34)C2)cn1. The average molecular weight is 321 g/mol. The van der Waals surface area contributed by atoms with Gasteiger partial charge >= 0.3 is 0 Å². The molecule has 1 aromatic heterocycles. The number of anilines is 1. The Balaban J connectivity index is 1.41. The van der Waals surface area contributed by atoms with Gasteiger partial charge in [-0.2, -0.15) is 4.39 Å². The Labute approximate surface area is 141 Å². The molecule has 1 aliphatic rings. The number of pyridine rings is 1. The molecule has 4 heteroatoms. The third-order valence-corrected chi connectivity index (χ3v) is 4.73. The van der Waals surface area contributed by atoms with Crippen LogP contribution in [0.25, 0.3) is 10.8 Å². The molecule has 4 rings (SSSR count). The number of benzene rings is 2. The van der Waals surface area contributed by atoms with Gasteiger partial charge in [-0.3, -0.25) is 0 Å². The van der Waals surface area contributed by atoms with Gasteiger partial charge in [0.05, 0.1) is 11.9 Å². The molecular formula is C20H20FN3. The van der Waals surface area contributed by atoms with Crippen LogP contribution in [0.2, 0.25) is 0 Å². The van der Waals surface area contributed by atoms with Gasteiger partial charge < -0.3 is 10.2 Å². The van der Waals surface area contributed by atoms with Crippen LogP contribution in [0.15, 0.2) is 60.8 Å². The predicted molar refractivity (Wildman–Crippen MR) is 95.6 cm³/mol. The topological polar surface area (TPSA) is 28.2 Å². The first-order valence-corrected chi connectivity index (χ1v) is 8.36. The summed E-state index contributed by atoms with van der Waals surface area (Å²) in [6.45, 7) is 2.76. The zero-order chi connectivity index (χ0) is 16.4. The van der Waals surface area contributed by atoms with E-state index in [4.69, 9.17) is 0 Å². The Morgan fingerprint density at radius 3 is 2.83 bits per heavy atom. The van der Waals surface area contributed by atoms with E-state index in [1.807, 2.05) is 0 Å². The zero-order valence-corrected chi connectivity index (χ0v) is 13.5. The molecule has 2 aromatic carbocycles. The van der Waals surface area contributed by atoms with Crippen molar-refractivity contribution in [3.05, 3.63) is 72.3 Å². The number of halogens is 1. The van der Waals surface area contributed by atoms with Crippen LogP contribution < -0.4 is 10.2 Å². The van der Waals surface area contributed by atoms with E-state index in [9.17, 15) is 4.39 Å². The Morgan fingerprint density at radius 2 is 1.96 bits per heavy atom. The van der Waals surface area contributed by atoms with Crippen LogP contribution in [0.1, 0.15) is 12.0 Å². The maximum atomic E-state index is 12.9. The number of nitrogens with one attached hydrogen (secondary N) is 1. The Kier molecular flexibility index (Phi) is 4.13. The Bertz CT molecular complexity index is 826. The van der Waals surface area contributed by atoms with Gasteiger partial charge in [-0.05, 0) is 34.9 Å². The van der Waals surface area contributed by atoms with Crippen LogP contribution >= 0.6 is 0 Å². The van der Waals surface area contributed by atoms with Crippen molar-refractivity contribution in [2.75, 3.05) is 18.0 Å². The summed E-state index contributed by atoms with van der Waals surface area (Å²) in [5, 5.41) is 6.26. The lowest BCUT2D eigenvalue weighted by Crippen LogP contribution is -2.32. The maximum absolute atomic E-state index is 12.9. The summed E-state index contributed by atoms with van der Waals surface area (Å²) < 4.78 is 12.9. The summed E-state index contributed by atoms with van der Waals surface area (Å²) in [7, 11) is 0. The molecule has 1 N–H and O–H groups in total. The second-order valence-electron chi connectivity index (χ2n) is 6.29. The first-order chi connectivity index (χ1) is 11.8. The van der Waals surface area contributed by atoms with E-state index in [1.54, 1.807) is 12.3 Å². The average Bonchev–Trinajstić information content (AvgIpc) is 3.09. The van der Waals surface area contributed by atoms with Crippen LogP contribution in [0.5, 0.6) is 0 Å². The molecule has 0 amide bonds. The van der Waals surface area contributed by atoms with Gasteiger partial charge in [0.25, 0.3) is 0 Å². The number of rotatable bonds is 4. The molecule has 122 valence electrons. The normalized spacial score (nSPS) is 17.5. The van der Waals surface area contributed by atoms with Crippen molar-refractivity contribution in [2.45, 2.75) is 19.0 Å². The van der Waals surface area contributed by atoms with Gasteiger partial charge in [0.1, 0.15) is 0 Å². The molecule has 3 aromatic rings. The molecule has 1 aliphatic heterocycles. The summed E-state index contributed by atoms with van der Waals surface area (Å²) in [6, 6.07) is 18.6. The molecule has 0 radical (unpaired) electrons. The van der Waals surface area contributed by atoms with Crippen molar-refractivity contribution < 1.29 is 4.39 Å². The van der Waals surface area contributed by atoms with E-state index in [0.717, 1.165) is 31.7 Å². The number of aromatic nitrogens is 1. The molecule has 0 unspecified atom stereocenters. The van der Waals surface area contributed by atoms with Gasteiger partial charge in [0.2, 0.25) is 5.95 Å². The zero-order valence-electron chi connectivity index (χ0n) is 13.5. The van der Waals surface area contributed by atoms with E-state index in [0.29, 0.717) is 6.04 Å². The van der Waals surface area contributed by atoms with E-state index >= 15 is 0 Å². The monoisotopic (exact) mass is 321 g/mol. The molecule has 0 spiro atoms. The van der Waals surface area contributed by atoms with Crippen LogP contribution in [-0.2, 0) is 6.54 Å². The van der Waals surface area contributed by atoms with Crippen molar-refractivity contribution in [2.24, 2.45) is 0 Å². The third-order valence-electron chi connectivity index (χ3n) is 4.73. The van der Waals surface area contributed by atoms with Gasteiger partial charge in [0, 0.05) is 25.7 Å². The minimum absolute atomic E-state index is 0.427. The molecule has 1 atom stereocenters. The fraction of sp³-hybridized carbons (Fsp3) is 0.250. The summed E-state index contributed by atoms with van der Waals surface area (Å²) >= 11 is 0. The van der Waals surface area contributed by atoms with Crippen molar-refractivity contribution in [1.29, 1.82) is 0 Å². The van der Waals surface area contributed by atoms with Crippen molar-refractivity contribution >= 4 is 16.5 Å². The molecule has 2 heterocycles. The second kappa shape index (κ2) is 6.57. The number of hydrogen-bond donors (Lipinski definition) is 1. The fourth-order valence-corrected chi connectivity index (χ4v) is 3.42. The molecular weight excluding hydrogens is 301 g/mol. The minimum Gasteiger partial charge on any atom is -0.369 e. The van der Waals surface area contributed by atoms with Crippen LogP contribution in [0.4, 0.5) is 10.1 Å². The number of nitrogens with zero attached hydrogens (tertiary/aromatic N) is 2. The molecule has 3 nitrogen and oxygen atoms in total. The molecule has 0 saturated carbocycles. The van der Waals surface area contributed by atoms with Crippen LogP contribution in [-0.4, -0.2) is 24.1 Å². The number of fused-ring (bicyclic) bond motifs is 1. The highest BCUT2D eigenvalue weighted by Crippen LogP contribution is 2.21. The van der Waals surface area contributed by atoms with Gasteiger partial charge in [-0.1, -0.05) is 42.5 Å². The molecule has 0 aliphatic carbocycles. The van der Waals surface area contributed by atoms with Crippen LogP contribution in [0.3, 0.4) is 0 Å². The van der Waals surface area contributed by atoms with Crippen molar-refractivity contribution in [1.82, 2.24) is 10.3 Å². The third kappa shape index (κ3) is 3.10. The Morgan fingerprint density at radius 1 is 1.08 bits per heavy atom.